The Morgan fingerprint density at radius 1 is 1.55 bits per heavy atom. The molecule has 11 heavy (non-hydrogen) atoms. The largest absolute Gasteiger partial charge is 0.361 e. The standard InChI is InChI=1S/C8H12N2O/c9-7-3-1-2-4-8-6(7)5-10-11-8/h5,7H,1-4,9H2. The van der Waals surface area contributed by atoms with Crippen LogP contribution in [0.3, 0.4) is 0 Å². The van der Waals surface area contributed by atoms with E-state index in [0.29, 0.717) is 0 Å². The van der Waals surface area contributed by atoms with E-state index in [4.69, 9.17) is 10.3 Å². The van der Waals surface area contributed by atoms with E-state index < -0.39 is 0 Å². The van der Waals surface area contributed by atoms with Crippen LogP contribution in [-0.2, 0) is 6.42 Å². The summed E-state index contributed by atoms with van der Waals surface area (Å²) >= 11 is 0. The number of hydrogen-bond acceptors (Lipinski definition) is 3. The van der Waals surface area contributed by atoms with Gasteiger partial charge in [-0.25, -0.2) is 0 Å². The molecule has 1 atom stereocenters. The summed E-state index contributed by atoms with van der Waals surface area (Å²) in [4.78, 5) is 0. The number of nitrogens with two attached hydrogens (primary N) is 1. The molecule has 0 radical (unpaired) electrons. The molecule has 0 spiro atoms. The van der Waals surface area contributed by atoms with Crippen LogP contribution in [0.15, 0.2) is 10.7 Å². The molecule has 2 rings (SSSR count). The normalized spacial score (nSPS) is 24.3. The molecule has 0 saturated heterocycles. The highest BCUT2D eigenvalue weighted by Crippen LogP contribution is 2.25. The highest BCUT2D eigenvalue weighted by atomic mass is 16.5. The molecular weight excluding hydrogens is 140 g/mol. The number of aromatic nitrogens is 1. The molecule has 1 aromatic heterocycles. The van der Waals surface area contributed by atoms with Crippen LogP contribution in [0.25, 0.3) is 0 Å². The summed E-state index contributed by atoms with van der Waals surface area (Å²) in [5, 5.41) is 3.74. The van der Waals surface area contributed by atoms with Crippen molar-refractivity contribution in [3.05, 3.63) is 17.5 Å². The van der Waals surface area contributed by atoms with Gasteiger partial charge in [0.2, 0.25) is 0 Å². The van der Waals surface area contributed by atoms with Gasteiger partial charge in [-0.05, 0) is 12.8 Å². The Labute approximate surface area is 65.6 Å². The molecule has 0 aliphatic heterocycles. The maximum atomic E-state index is 5.89. The summed E-state index contributed by atoms with van der Waals surface area (Å²) in [6.45, 7) is 0. The first-order valence-corrected chi connectivity index (χ1v) is 4.07. The van der Waals surface area contributed by atoms with Crippen LogP contribution in [0.2, 0.25) is 0 Å². The van der Waals surface area contributed by atoms with Gasteiger partial charge >= 0.3 is 0 Å². The predicted molar refractivity (Wildman–Crippen MR) is 41.0 cm³/mol. The summed E-state index contributed by atoms with van der Waals surface area (Å²) in [5.41, 5.74) is 7.00. The Balaban J connectivity index is 2.34. The number of hydrogen-bond donors (Lipinski definition) is 1. The zero-order chi connectivity index (χ0) is 7.68. The van der Waals surface area contributed by atoms with E-state index in [9.17, 15) is 0 Å². The van der Waals surface area contributed by atoms with E-state index in [1.54, 1.807) is 6.20 Å². The molecule has 3 heteroatoms. The first kappa shape index (κ1) is 6.85. The number of aryl methyl sites for hydroxylation is 1. The van der Waals surface area contributed by atoms with Crippen molar-refractivity contribution in [2.45, 2.75) is 31.7 Å². The monoisotopic (exact) mass is 152 g/mol. The fourth-order valence-electron chi connectivity index (χ4n) is 1.57. The molecule has 0 aromatic carbocycles. The van der Waals surface area contributed by atoms with Gasteiger partial charge in [0.1, 0.15) is 5.76 Å². The van der Waals surface area contributed by atoms with Gasteiger partial charge in [0.15, 0.2) is 0 Å². The number of fused-ring (bicyclic) bond motifs is 1. The molecule has 1 aliphatic carbocycles. The topological polar surface area (TPSA) is 52.0 Å². The molecule has 2 N–H and O–H groups in total. The van der Waals surface area contributed by atoms with Crippen molar-refractivity contribution in [2.24, 2.45) is 5.73 Å². The van der Waals surface area contributed by atoms with Gasteiger partial charge < -0.3 is 10.3 Å². The van der Waals surface area contributed by atoms with Crippen molar-refractivity contribution >= 4 is 0 Å². The lowest BCUT2D eigenvalue weighted by Crippen LogP contribution is -2.08. The third kappa shape index (κ3) is 1.16. The molecular formula is C8H12N2O. The molecule has 0 amide bonds. The van der Waals surface area contributed by atoms with Gasteiger partial charge in [0.05, 0.1) is 6.20 Å². The fourth-order valence-corrected chi connectivity index (χ4v) is 1.57. The minimum Gasteiger partial charge on any atom is -0.361 e. The van der Waals surface area contributed by atoms with Crippen LogP contribution in [0.4, 0.5) is 0 Å². The van der Waals surface area contributed by atoms with Crippen LogP contribution >= 0.6 is 0 Å². The van der Waals surface area contributed by atoms with Crippen molar-refractivity contribution in [3.8, 4) is 0 Å². The van der Waals surface area contributed by atoms with E-state index in [-0.39, 0.29) is 6.04 Å². The molecule has 60 valence electrons. The Hall–Kier alpha value is -0.830. The van der Waals surface area contributed by atoms with Crippen LogP contribution in [-0.4, -0.2) is 5.16 Å². The molecule has 0 saturated carbocycles. The lowest BCUT2D eigenvalue weighted by atomic mass is 10.1. The van der Waals surface area contributed by atoms with Crippen molar-refractivity contribution in [1.29, 1.82) is 0 Å². The third-order valence-electron chi connectivity index (χ3n) is 2.25. The van der Waals surface area contributed by atoms with Gasteiger partial charge in [0.25, 0.3) is 0 Å². The number of nitrogens with zero attached hydrogens (tertiary/aromatic N) is 1. The smallest absolute Gasteiger partial charge is 0.141 e. The SMILES string of the molecule is NC1CCCCc2oncc21. The zero-order valence-corrected chi connectivity index (χ0v) is 6.42. The summed E-state index contributed by atoms with van der Waals surface area (Å²) in [7, 11) is 0. The van der Waals surface area contributed by atoms with Crippen LogP contribution < -0.4 is 5.73 Å². The Bertz CT molecular complexity index is 244. The lowest BCUT2D eigenvalue weighted by Gasteiger charge is -2.04. The van der Waals surface area contributed by atoms with E-state index in [2.05, 4.69) is 5.16 Å². The first-order chi connectivity index (χ1) is 5.38. The van der Waals surface area contributed by atoms with Crippen molar-refractivity contribution < 1.29 is 4.52 Å². The summed E-state index contributed by atoms with van der Waals surface area (Å²) in [6.07, 6.45) is 6.20. The first-order valence-electron chi connectivity index (χ1n) is 4.07. The van der Waals surface area contributed by atoms with Gasteiger partial charge in [-0.15, -0.1) is 0 Å². The minimum atomic E-state index is 0.152. The fraction of sp³-hybridized carbons (Fsp3) is 0.625. The lowest BCUT2D eigenvalue weighted by molar-refractivity contribution is 0.380. The quantitative estimate of drug-likeness (QED) is 0.572. The Kier molecular flexibility index (Phi) is 1.66. The van der Waals surface area contributed by atoms with Crippen molar-refractivity contribution in [2.75, 3.05) is 0 Å². The average molecular weight is 152 g/mol. The van der Waals surface area contributed by atoms with E-state index >= 15 is 0 Å². The molecule has 1 heterocycles. The summed E-state index contributed by atoms with van der Waals surface area (Å²) in [5.74, 6) is 0.995. The van der Waals surface area contributed by atoms with E-state index in [0.717, 1.165) is 24.2 Å². The average Bonchev–Trinajstić information content (AvgIpc) is 2.40. The summed E-state index contributed by atoms with van der Waals surface area (Å²) in [6, 6.07) is 0.152. The second-order valence-corrected chi connectivity index (χ2v) is 3.06. The minimum absolute atomic E-state index is 0.152. The molecule has 0 fully saturated rings. The molecule has 1 aliphatic rings. The number of rotatable bonds is 0. The second-order valence-electron chi connectivity index (χ2n) is 3.06. The van der Waals surface area contributed by atoms with E-state index in [1.807, 2.05) is 0 Å². The van der Waals surface area contributed by atoms with Gasteiger partial charge in [-0.3, -0.25) is 0 Å². The van der Waals surface area contributed by atoms with Gasteiger partial charge in [-0.1, -0.05) is 11.6 Å². The molecule has 0 bridgehead atoms. The van der Waals surface area contributed by atoms with E-state index in [1.165, 1.54) is 12.8 Å². The van der Waals surface area contributed by atoms with Crippen molar-refractivity contribution in [3.63, 3.8) is 0 Å². The van der Waals surface area contributed by atoms with Gasteiger partial charge in [0, 0.05) is 18.0 Å². The summed E-state index contributed by atoms with van der Waals surface area (Å²) < 4.78 is 5.08. The second kappa shape index (κ2) is 2.66. The van der Waals surface area contributed by atoms with Gasteiger partial charge in [-0.2, -0.15) is 0 Å². The molecule has 1 unspecified atom stereocenters. The predicted octanol–water partition coefficient (Wildman–Crippen LogP) is 1.40. The maximum Gasteiger partial charge on any atom is 0.141 e. The molecule has 3 nitrogen and oxygen atoms in total. The Morgan fingerprint density at radius 2 is 2.45 bits per heavy atom. The highest BCUT2D eigenvalue weighted by molar-refractivity contribution is 5.19. The van der Waals surface area contributed by atoms with Crippen LogP contribution in [0, 0.1) is 0 Å². The van der Waals surface area contributed by atoms with Crippen molar-refractivity contribution in [1.82, 2.24) is 5.16 Å². The molecule has 1 aromatic rings. The maximum absolute atomic E-state index is 5.89. The highest BCUT2D eigenvalue weighted by Gasteiger charge is 2.18. The van der Waals surface area contributed by atoms with Crippen LogP contribution in [0.5, 0.6) is 0 Å². The third-order valence-corrected chi connectivity index (χ3v) is 2.25. The Morgan fingerprint density at radius 3 is 3.36 bits per heavy atom. The van der Waals surface area contributed by atoms with Crippen LogP contribution in [0.1, 0.15) is 36.6 Å². The zero-order valence-electron chi connectivity index (χ0n) is 6.42.